The molecule has 0 aromatic carbocycles. The van der Waals surface area contributed by atoms with Crippen molar-refractivity contribution < 1.29 is 14.3 Å². The zero-order valence-corrected chi connectivity index (χ0v) is 8.38. The Morgan fingerprint density at radius 1 is 1.46 bits per heavy atom. The molecule has 2 amide bonds. The number of ether oxygens (including phenoxy) is 1. The third-order valence-corrected chi connectivity index (χ3v) is 1.94. The van der Waals surface area contributed by atoms with Gasteiger partial charge in [0.2, 0.25) is 0 Å². The van der Waals surface area contributed by atoms with Crippen molar-refractivity contribution in [3.8, 4) is 0 Å². The summed E-state index contributed by atoms with van der Waals surface area (Å²) in [5.41, 5.74) is 5.82. The SMILES string of the molecule is CCOC(=O)N(C)C(C)(C)C([NH])=O. The lowest BCUT2D eigenvalue weighted by atomic mass is 10.0. The van der Waals surface area contributed by atoms with Gasteiger partial charge in [-0.15, -0.1) is 0 Å². The van der Waals surface area contributed by atoms with E-state index in [0.717, 1.165) is 4.90 Å². The molecule has 0 saturated carbocycles. The van der Waals surface area contributed by atoms with E-state index in [2.05, 4.69) is 0 Å². The van der Waals surface area contributed by atoms with E-state index in [4.69, 9.17) is 10.5 Å². The van der Waals surface area contributed by atoms with Crippen molar-refractivity contribution in [2.45, 2.75) is 26.3 Å². The quantitative estimate of drug-likeness (QED) is 0.651. The van der Waals surface area contributed by atoms with Gasteiger partial charge < -0.3 is 4.74 Å². The third kappa shape index (κ3) is 2.61. The average Bonchev–Trinajstić information content (AvgIpc) is 2.03. The minimum atomic E-state index is -1.13. The maximum absolute atomic E-state index is 11.2. The molecule has 5 heteroatoms. The van der Waals surface area contributed by atoms with Crippen molar-refractivity contribution in [1.29, 1.82) is 0 Å². The number of likely N-dealkylation sites (N-methyl/N-ethyl adjacent to an activating group) is 1. The molecule has 1 N–H and O–H groups in total. The van der Waals surface area contributed by atoms with E-state index < -0.39 is 17.5 Å². The molecule has 13 heavy (non-hydrogen) atoms. The van der Waals surface area contributed by atoms with Crippen LogP contribution in [0.5, 0.6) is 0 Å². The second kappa shape index (κ2) is 4.11. The fourth-order valence-electron chi connectivity index (χ4n) is 0.601. The third-order valence-electron chi connectivity index (χ3n) is 1.94. The molecule has 0 fully saturated rings. The summed E-state index contributed by atoms with van der Waals surface area (Å²) in [5, 5.41) is 0. The van der Waals surface area contributed by atoms with Gasteiger partial charge in [0, 0.05) is 7.05 Å². The molecule has 0 aromatic rings. The van der Waals surface area contributed by atoms with Gasteiger partial charge in [0.1, 0.15) is 5.54 Å². The van der Waals surface area contributed by atoms with Crippen LogP contribution in [-0.2, 0) is 9.53 Å². The highest BCUT2D eigenvalue weighted by Crippen LogP contribution is 2.12. The number of carbonyl (C=O) groups excluding carboxylic acids is 2. The molecule has 0 aliphatic heterocycles. The van der Waals surface area contributed by atoms with Gasteiger partial charge in [-0.2, -0.15) is 0 Å². The first-order valence-electron chi connectivity index (χ1n) is 4.00. The van der Waals surface area contributed by atoms with Gasteiger partial charge in [0.25, 0.3) is 5.91 Å². The van der Waals surface area contributed by atoms with Crippen molar-refractivity contribution in [3.05, 3.63) is 0 Å². The molecule has 0 aromatic heterocycles. The van der Waals surface area contributed by atoms with E-state index in [9.17, 15) is 9.59 Å². The number of rotatable bonds is 3. The van der Waals surface area contributed by atoms with Gasteiger partial charge in [0.15, 0.2) is 0 Å². The Bertz CT molecular complexity index is 213. The van der Waals surface area contributed by atoms with Crippen molar-refractivity contribution in [3.63, 3.8) is 0 Å². The highest BCUT2D eigenvalue weighted by Gasteiger charge is 2.34. The molecule has 0 rings (SSSR count). The molecule has 5 nitrogen and oxygen atoms in total. The number of hydrogen-bond acceptors (Lipinski definition) is 3. The maximum atomic E-state index is 11.2. The summed E-state index contributed by atoms with van der Waals surface area (Å²) < 4.78 is 4.69. The van der Waals surface area contributed by atoms with Crippen LogP contribution in [0.25, 0.3) is 0 Å². The van der Waals surface area contributed by atoms with Gasteiger partial charge in [-0.25, -0.2) is 4.79 Å². The van der Waals surface area contributed by atoms with Gasteiger partial charge in [-0.05, 0) is 20.8 Å². The van der Waals surface area contributed by atoms with Crippen LogP contribution in [0.15, 0.2) is 0 Å². The smallest absolute Gasteiger partial charge is 0.410 e. The average molecular weight is 187 g/mol. The number of amides is 2. The first-order chi connectivity index (χ1) is 5.84. The zero-order chi connectivity index (χ0) is 10.6. The largest absolute Gasteiger partial charge is 0.450 e. The van der Waals surface area contributed by atoms with Crippen LogP contribution >= 0.6 is 0 Å². The summed E-state index contributed by atoms with van der Waals surface area (Å²) in [4.78, 5) is 23.1. The van der Waals surface area contributed by atoms with Gasteiger partial charge in [-0.1, -0.05) is 0 Å². The van der Waals surface area contributed by atoms with E-state index in [-0.39, 0.29) is 6.61 Å². The van der Waals surface area contributed by atoms with E-state index in [0.29, 0.717) is 0 Å². The normalized spacial score (nSPS) is 10.8. The molecule has 0 unspecified atom stereocenters. The Balaban J connectivity index is 4.48. The molecular weight excluding hydrogens is 172 g/mol. The van der Waals surface area contributed by atoms with Gasteiger partial charge in [-0.3, -0.25) is 15.4 Å². The second-order valence-corrected chi connectivity index (χ2v) is 3.15. The topological polar surface area (TPSA) is 70.4 Å². The molecule has 0 aliphatic rings. The van der Waals surface area contributed by atoms with Crippen LogP contribution in [-0.4, -0.2) is 36.1 Å². The molecule has 75 valence electrons. The highest BCUT2D eigenvalue weighted by atomic mass is 16.6. The molecule has 0 spiro atoms. The molecular formula is C8H15N2O3. The fraction of sp³-hybridized carbons (Fsp3) is 0.750. The minimum Gasteiger partial charge on any atom is -0.450 e. The summed E-state index contributed by atoms with van der Waals surface area (Å²) >= 11 is 0. The van der Waals surface area contributed by atoms with Crippen molar-refractivity contribution in [2.75, 3.05) is 13.7 Å². The lowest BCUT2D eigenvalue weighted by Crippen LogP contribution is -2.51. The van der Waals surface area contributed by atoms with Gasteiger partial charge in [0.05, 0.1) is 6.61 Å². The molecule has 0 saturated heterocycles. The maximum Gasteiger partial charge on any atom is 0.410 e. The lowest BCUT2D eigenvalue weighted by Gasteiger charge is -2.30. The molecule has 1 radical (unpaired) electrons. The number of nitrogens with one attached hydrogen (secondary N) is 1. The van der Waals surface area contributed by atoms with E-state index >= 15 is 0 Å². The summed E-state index contributed by atoms with van der Waals surface area (Å²) in [6.45, 7) is 4.94. The number of nitrogens with zero attached hydrogens (tertiary/aromatic N) is 1. The fourth-order valence-corrected chi connectivity index (χ4v) is 0.601. The predicted octanol–water partition coefficient (Wildman–Crippen LogP) is 0.663. The molecule has 0 heterocycles. The molecule has 0 bridgehead atoms. The first-order valence-corrected chi connectivity index (χ1v) is 4.00. The summed E-state index contributed by atoms with van der Waals surface area (Å²) in [6, 6.07) is 0. The van der Waals surface area contributed by atoms with Crippen LogP contribution < -0.4 is 5.73 Å². The first kappa shape index (κ1) is 11.7. The van der Waals surface area contributed by atoms with Gasteiger partial charge >= 0.3 is 6.09 Å². The zero-order valence-electron chi connectivity index (χ0n) is 8.38. The predicted molar refractivity (Wildman–Crippen MR) is 47.0 cm³/mol. The van der Waals surface area contributed by atoms with E-state index in [1.165, 1.54) is 20.9 Å². The lowest BCUT2D eigenvalue weighted by molar-refractivity contribution is -0.127. The Morgan fingerprint density at radius 3 is 2.23 bits per heavy atom. The Labute approximate surface area is 77.8 Å². The highest BCUT2D eigenvalue weighted by molar-refractivity contribution is 5.87. The number of carbonyl (C=O) groups is 2. The van der Waals surface area contributed by atoms with Crippen molar-refractivity contribution in [1.82, 2.24) is 10.6 Å². The number of hydrogen-bond donors (Lipinski definition) is 0. The van der Waals surface area contributed by atoms with Crippen LogP contribution in [0.1, 0.15) is 20.8 Å². The minimum absolute atomic E-state index is 0.255. The second-order valence-electron chi connectivity index (χ2n) is 3.15. The summed E-state index contributed by atoms with van der Waals surface area (Å²) in [5.74, 6) is -0.817. The van der Waals surface area contributed by atoms with Crippen LogP contribution in [0, 0.1) is 0 Å². The molecule has 0 aliphatic carbocycles. The Morgan fingerprint density at radius 2 is 1.92 bits per heavy atom. The van der Waals surface area contributed by atoms with E-state index in [1.807, 2.05) is 0 Å². The Kier molecular flexibility index (Phi) is 3.71. The monoisotopic (exact) mass is 187 g/mol. The van der Waals surface area contributed by atoms with Crippen molar-refractivity contribution in [2.24, 2.45) is 0 Å². The van der Waals surface area contributed by atoms with Crippen molar-refractivity contribution >= 4 is 12.0 Å². The summed E-state index contributed by atoms with van der Waals surface area (Å²) in [7, 11) is 1.43. The standard InChI is InChI=1S/C8H15N2O3/c1-5-13-7(12)10(4)8(2,3)6(9)11/h9H,5H2,1-4H3. The van der Waals surface area contributed by atoms with Crippen LogP contribution in [0.2, 0.25) is 0 Å². The van der Waals surface area contributed by atoms with E-state index in [1.54, 1.807) is 6.92 Å². The Hall–Kier alpha value is -1.26. The summed E-state index contributed by atoms with van der Waals surface area (Å²) in [6.07, 6.45) is -0.590. The van der Waals surface area contributed by atoms with Crippen LogP contribution in [0.4, 0.5) is 4.79 Å². The molecule has 0 atom stereocenters. The van der Waals surface area contributed by atoms with Crippen LogP contribution in [0.3, 0.4) is 0 Å².